The summed E-state index contributed by atoms with van der Waals surface area (Å²) in [6, 6.07) is 20.0. The number of anilines is 2. The van der Waals surface area contributed by atoms with E-state index in [-0.39, 0.29) is 31.4 Å². The number of fused-ring (bicyclic) bond motifs is 1. The number of esters is 1. The van der Waals surface area contributed by atoms with Crippen molar-refractivity contribution in [2.75, 3.05) is 23.4 Å². The fourth-order valence-electron chi connectivity index (χ4n) is 3.81. The van der Waals surface area contributed by atoms with Gasteiger partial charge in [-0.3, -0.25) is 14.5 Å². The Morgan fingerprint density at radius 2 is 1.94 bits per heavy atom. The summed E-state index contributed by atoms with van der Waals surface area (Å²) < 4.78 is 6.99. The van der Waals surface area contributed by atoms with E-state index in [0.717, 1.165) is 17.0 Å². The molecule has 1 amide bonds. The number of nitrogens with one attached hydrogen (secondary N) is 1. The Bertz CT molecular complexity index is 1410. The van der Waals surface area contributed by atoms with Gasteiger partial charge in [-0.1, -0.05) is 6.07 Å². The first-order chi connectivity index (χ1) is 17.5. The average Bonchev–Trinajstić information content (AvgIpc) is 3.23. The van der Waals surface area contributed by atoms with Gasteiger partial charge in [-0.2, -0.15) is 5.26 Å². The zero-order valence-corrected chi connectivity index (χ0v) is 20.1. The van der Waals surface area contributed by atoms with Gasteiger partial charge in [0.15, 0.2) is 0 Å². The van der Waals surface area contributed by atoms with Gasteiger partial charge in [-0.15, -0.1) is 0 Å². The molecule has 0 saturated carbocycles. The zero-order valence-electron chi connectivity index (χ0n) is 20.1. The van der Waals surface area contributed by atoms with Crippen molar-refractivity contribution in [3.8, 4) is 6.07 Å². The number of rotatable bonds is 9. The van der Waals surface area contributed by atoms with Crippen LogP contribution in [0, 0.1) is 11.3 Å². The Hall–Kier alpha value is -4.71. The van der Waals surface area contributed by atoms with Gasteiger partial charge in [0.25, 0.3) is 5.91 Å². The number of hydrogen-bond donors (Lipinski definition) is 1. The fourth-order valence-corrected chi connectivity index (χ4v) is 3.81. The second kappa shape index (κ2) is 11.1. The van der Waals surface area contributed by atoms with Gasteiger partial charge in [0.2, 0.25) is 0 Å². The predicted octanol–water partition coefficient (Wildman–Crippen LogP) is 4.05. The van der Waals surface area contributed by atoms with E-state index in [1.54, 1.807) is 55.6 Å². The summed E-state index contributed by atoms with van der Waals surface area (Å²) in [5, 5.41) is 12.3. The minimum atomic E-state index is -0.370. The van der Waals surface area contributed by atoms with Crippen LogP contribution in [0.1, 0.15) is 35.1 Å². The van der Waals surface area contributed by atoms with Gasteiger partial charge in [-0.05, 0) is 61.5 Å². The summed E-state index contributed by atoms with van der Waals surface area (Å²) in [6.45, 7) is 2.65. The topological polar surface area (TPSA) is 113 Å². The molecule has 0 atom stereocenters. The molecule has 0 aliphatic carbocycles. The predicted molar refractivity (Wildman–Crippen MR) is 136 cm³/mol. The van der Waals surface area contributed by atoms with Gasteiger partial charge in [0.05, 0.1) is 42.2 Å². The Kier molecular flexibility index (Phi) is 7.56. The monoisotopic (exact) mass is 488 g/mol. The number of ether oxygens (including phenoxy) is 1. The Labute approximate surface area is 209 Å². The molecule has 0 aliphatic rings. The summed E-state index contributed by atoms with van der Waals surface area (Å²) in [5.74, 6) is 0.608. The van der Waals surface area contributed by atoms with Gasteiger partial charge < -0.3 is 14.6 Å². The summed E-state index contributed by atoms with van der Waals surface area (Å²) >= 11 is 0. The lowest BCUT2D eigenvalue weighted by Gasteiger charge is -2.21. The molecule has 9 nitrogen and oxygen atoms in total. The second-order valence-electron chi connectivity index (χ2n) is 8.03. The van der Waals surface area contributed by atoms with Gasteiger partial charge in [0.1, 0.15) is 11.6 Å². The van der Waals surface area contributed by atoms with Crippen LogP contribution in [-0.4, -0.2) is 39.6 Å². The van der Waals surface area contributed by atoms with Crippen LogP contribution in [0.15, 0.2) is 66.9 Å². The maximum absolute atomic E-state index is 13.5. The first kappa shape index (κ1) is 24.4. The minimum absolute atomic E-state index is 0.0626. The van der Waals surface area contributed by atoms with Crippen molar-refractivity contribution in [1.82, 2.24) is 14.5 Å². The van der Waals surface area contributed by atoms with Crippen LogP contribution in [0.25, 0.3) is 11.0 Å². The SMILES string of the molecule is CCOC(=O)CCN(C(=O)c1ccc2c(c1)nc(CN[13c]1[13cH][13cH][13c](C#N)[13cH][13cH]1)n2C)c1ccccn1. The van der Waals surface area contributed by atoms with Crippen molar-refractivity contribution in [3.05, 3.63) is 83.8 Å². The number of nitrogens with zero attached hydrogens (tertiary/aromatic N) is 5. The number of hydrogen-bond acceptors (Lipinski definition) is 7. The summed E-state index contributed by atoms with van der Waals surface area (Å²) in [7, 11) is 1.92. The number of benzene rings is 2. The van der Waals surface area contributed by atoms with Crippen LogP contribution < -0.4 is 10.2 Å². The molecule has 0 saturated heterocycles. The van der Waals surface area contributed by atoms with E-state index in [0.29, 0.717) is 29.0 Å². The molecule has 0 unspecified atom stereocenters. The number of imidazole rings is 1. The van der Waals surface area contributed by atoms with E-state index < -0.39 is 0 Å². The van der Waals surface area contributed by atoms with Crippen LogP contribution in [-0.2, 0) is 23.1 Å². The number of carbonyl (C=O) groups is 2. The average molecular weight is 488 g/mol. The Morgan fingerprint density at radius 1 is 1.14 bits per heavy atom. The van der Waals surface area contributed by atoms with Crippen molar-refractivity contribution >= 4 is 34.4 Å². The van der Waals surface area contributed by atoms with Crippen molar-refractivity contribution in [2.24, 2.45) is 7.05 Å². The third kappa shape index (κ3) is 5.50. The molecule has 1 N–H and O–H groups in total. The molecule has 182 valence electrons. The summed E-state index contributed by atoms with van der Waals surface area (Å²) in [4.78, 5) is 35.9. The lowest BCUT2D eigenvalue weighted by molar-refractivity contribution is -0.142. The molecule has 36 heavy (non-hydrogen) atoms. The lowest BCUT2D eigenvalue weighted by atomic mass is 10.1. The highest BCUT2D eigenvalue weighted by molar-refractivity contribution is 6.07. The van der Waals surface area contributed by atoms with E-state index in [4.69, 9.17) is 15.0 Å². The number of nitriles is 1. The molecule has 0 fully saturated rings. The van der Waals surface area contributed by atoms with Crippen molar-refractivity contribution in [2.45, 2.75) is 19.9 Å². The minimum Gasteiger partial charge on any atom is -0.466 e. The van der Waals surface area contributed by atoms with E-state index in [1.165, 1.54) is 4.90 Å². The summed E-state index contributed by atoms with van der Waals surface area (Å²) in [6.07, 6.45) is 1.67. The molecule has 0 aliphatic heterocycles. The number of pyridine rings is 1. The molecule has 2 aromatic carbocycles. The number of carbonyl (C=O) groups excluding carboxylic acids is 2. The maximum Gasteiger partial charge on any atom is 0.307 e. The molecule has 0 bridgehead atoms. The van der Waals surface area contributed by atoms with Crippen LogP contribution in [0.4, 0.5) is 11.5 Å². The van der Waals surface area contributed by atoms with E-state index in [2.05, 4.69) is 16.4 Å². The smallest absolute Gasteiger partial charge is 0.307 e. The number of aromatic nitrogens is 3. The van der Waals surface area contributed by atoms with Crippen LogP contribution in [0.3, 0.4) is 0 Å². The quantitative estimate of drug-likeness (QED) is 0.354. The van der Waals surface area contributed by atoms with Gasteiger partial charge in [-0.25, -0.2) is 9.97 Å². The molecule has 0 radical (unpaired) electrons. The number of aryl methyl sites for hydroxylation is 1. The highest BCUT2D eigenvalue weighted by Gasteiger charge is 2.21. The molecule has 4 rings (SSSR count). The van der Waals surface area contributed by atoms with Crippen LogP contribution in [0.2, 0.25) is 0 Å². The molecular formula is C27H26N6O3. The first-order valence-electron chi connectivity index (χ1n) is 11.6. The molecular weight excluding hydrogens is 462 g/mol. The van der Waals surface area contributed by atoms with E-state index in [9.17, 15) is 9.59 Å². The maximum atomic E-state index is 13.5. The van der Waals surface area contributed by atoms with E-state index in [1.807, 2.05) is 29.8 Å². The highest BCUT2D eigenvalue weighted by atomic mass is 16.5. The molecule has 2 heterocycles. The normalized spacial score (nSPS) is 10.6. The molecule has 2 aromatic heterocycles. The van der Waals surface area contributed by atoms with Crippen molar-refractivity contribution in [3.63, 3.8) is 0 Å². The Balaban J connectivity index is 1.55. The standard InChI is InChI=1S/C27H26N6O3/c1-3-36-26(34)13-15-33(24-6-4-5-14-29-24)27(35)20-9-12-23-22(16-20)31-25(32(23)2)18-30-21-10-7-19(17-28)8-11-21/h4-12,14,16,30H,3,13,15,18H2,1-2H3/i7+1,8+1,10+1,11+1,19+1,21+1. The zero-order chi connectivity index (χ0) is 25.5. The van der Waals surface area contributed by atoms with Gasteiger partial charge in [0, 0.05) is 31.0 Å². The Morgan fingerprint density at radius 3 is 2.64 bits per heavy atom. The third-order valence-corrected chi connectivity index (χ3v) is 5.70. The second-order valence-corrected chi connectivity index (χ2v) is 8.03. The molecule has 9 heteroatoms. The number of amides is 1. The largest absolute Gasteiger partial charge is 0.466 e. The first-order valence-corrected chi connectivity index (χ1v) is 11.6. The lowest BCUT2D eigenvalue weighted by Crippen LogP contribution is -2.34. The highest BCUT2D eigenvalue weighted by Crippen LogP contribution is 2.21. The third-order valence-electron chi connectivity index (χ3n) is 5.70. The van der Waals surface area contributed by atoms with Crippen LogP contribution >= 0.6 is 0 Å². The van der Waals surface area contributed by atoms with Gasteiger partial charge >= 0.3 is 5.97 Å². The van der Waals surface area contributed by atoms with Crippen molar-refractivity contribution in [1.29, 1.82) is 5.26 Å². The molecule has 0 spiro atoms. The molecule has 4 aromatic rings. The van der Waals surface area contributed by atoms with E-state index >= 15 is 0 Å². The van der Waals surface area contributed by atoms with Crippen molar-refractivity contribution < 1.29 is 14.3 Å². The fraction of sp³-hybridized carbons (Fsp3) is 0.222. The summed E-state index contributed by atoms with van der Waals surface area (Å²) in [5.41, 5.74) is 3.50. The van der Waals surface area contributed by atoms with Crippen LogP contribution in [0.5, 0.6) is 0 Å².